The zero-order chi connectivity index (χ0) is 15.7. The molecule has 0 fully saturated rings. The molecule has 0 saturated carbocycles. The van der Waals surface area contributed by atoms with Gasteiger partial charge in [-0.05, 0) is 44.7 Å². The first-order valence-corrected chi connectivity index (χ1v) is 10.7. The summed E-state index contributed by atoms with van der Waals surface area (Å²) < 4.78 is 7.35. The molecule has 0 spiro atoms. The third-order valence-corrected chi connectivity index (χ3v) is 11.7. The van der Waals surface area contributed by atoms with Gasteiger partial charge in [0.25, 0.3) is 8.32 Å². The highest BCUT2D eigenvalue weighted by Gasteiger charge is 2.47. The summed E-state index contributed by atoms with van der Waals surface area (Å²) in [7, 11) is -2.00. The van der Waals surface area contributed by atoms with Crippen molar-refractivity contribution in [1.29, 1.82) is 0 Å². The molecule has 0 radical (unpaired) electrons. The quantitative estimate of drug-likeness (QED) is 0.373. The lowest BCUT2D eigenvalue weighted by Crippen LogP contribution is -2.50. The van der Waals surface area contributed by atoms with Gasteiger partial charge in [-0.3, -0.25) is 0 Å². The Morgan fingerprint density at radius 3 is 1.75 bits per heavy atom. The van der Waals surface area contributed by atoms with E-state index >= 15 is 0 Å². The molecule has 0 heterocycles. The van der Waals surface area contributed by atoms with Crippen molar-refractivity contribution in [3.63, 3.8) is 0 Å². The maximum atomic E-state index is 6.55. The zero-order valence-electron chi connectivity index (χ0n) is 12.9. The normalized spacial score (nSPS) is 12.6. The molecule has 0 aromatic heterocycles. The lowest BCUT2D eigenvalue weighted by atomic mass is 10.3. The molecule has 0 saturated heterocycles. The Hall–Kier alpha value is 0.297. The molecule has 0 N–H and O–H groups in total. The average Bonchev–Trinajstić information content (AvgIpc) is 2.34. The first-order valence-electron chi connectivity index (χ1n) is 6.97. The second kappa shape index (κ2) is 7.04. The minimum atomic E-state index is -2.00. The smallest absolute Gasteiger partial charge is 0.258 e. The highest BCUT2D eigenvalue weighted by molar-refractivity contribution is 9.10. The summed E-state index contributed by atoms with van der Waals surface area (Å²) in [6.07, 6.45) is 0. The molecule has 1 aromatic rings. The first kappa shape index (κ1) is 18.3. The van der Waals surface area contributed by atoms with Gasteiger partial charge >= 0.3 is 0 Å². The van der Waals surface area contributed by atoms with Gasteiger partial charge in [-0.2, -0.15) is 0 Å². The Morgan fingerprint density at radius 2 is 1.35 bits per heavy atom. The topological polar surface area (TPSA) is 9.23 Å². The Morgan fingerprint density at radius 1 is 0.900 bits per heavy atom. The van der Waals surface area contributed by atoms with Gasteiger partial charge in [0.1, 0.15) is 10.8 Å². The third-order valence-electron chi connectivity index (χ3n) is 3.99. The van der Waals surface area contributed by atoms with Gasteiger partial charge < -0.3 is 4.43 Å². The highest BCUT2D eigenvalue weighted by atomic mass is 79.9. The Kier molecular flexibility index (Phi) is 6.46. The van der Waals surface area contributed by atoms with Crippen LogP contribution in [0.3, 0.4) is 0 Å². The Labute approximate surface area is 142 Å². The van der Waals surface area contributed by atoms with Crippen LogP contribution >= 0.6 is 39.1 Å². The molecule has 20 heavy (non-hydrogen) atoms. The highest BCUT2D eigenvalue weighted by Crippen LogP contribution is 2.46. The molecule has 0 aliphatic rings. The van der Waals surface area contributed by atoms with Crippen LogP contribution in [0.2, 0.25) is 26.7 Å². The van der Waals surface area contributed by atoms with Gasteiger partial charge in [0.05, 0.1) is 5.02 Å². The van der Waals surface area contributed by atoms with Crippen LogP contribution in [0.15, 0.2) is 16.6 Å². The molecule has 0 amide bonds. The summed E-state index contributed by atoms with van der Waals surface area (Å²) in [6, 6.07) is 3.80. The fourth-order valence-corrected chi connectivity index (χ4v) is 9.26. The summed E-state index contributed by atoms with van der Waals surface area (Å²) in [5, 5.41) is 1.02. The number of hydrogen-bond donors (Lipinski definition) is 0. The Balaban J connectivity index is 3.31. The Bertz CT molecular complexity index is 453. The zero-order valence-corrected chi connectivity index (χ0v) is 17.0. The molecule has 1 aromatic carbocycles. The fraction of sp³-hybridized carbons (Fsp3) is 0.600. The lowest BCUT2D eigenvalue weighted by Gasteiger charge is -2.42. The van der Waals surface area contributed by atoms with Crippen molar-refractivity contribution in [3.8, 4) is 5.75 Å². The van der Waals surface area contributed by atoms with Crippen molar-refractivity contribution < 1.29 is 4.43 Å². The van der Waals surface area contributed by atoms with Crippen LogP contribution in [0.5, 0.6) is 5.75 Å². The van der Waals surface area contributed by atoms with Crippen molar-refractivity contribution >= 4 is 47.4 Å². The van der Waals surface area contributed by atoms with Crippen LogP contribution in [0, 0.1) is 0 Å². The summed E-state index contributed by atoms with van der Waals surface area (Å²) in [5.41, 5.74) is 1.50. The number of benzene rings is 1. The van der Waals surface area contributed by atoms with E-state index in [1.54, 1.807) is 0 Å². The summed E-state index contributed by atoms with van der Waals surface area (Å²) in [4.78, 5) is 0. The largest absolute Gasteiger partial charge is 0.542 e. The van der Waals surface area contributed by atoms with Crippen LogP contribution in [0.25, 0.3) is 0 Å². The van der Waals surface area contributed by atoms with E-state index in [1.165, 1.54) is 0 Å². The van der Waals surface area contributed by atoms with Crippen molar-refractivity contribution in [2.45, 2.75) is 58.2 Å². The van der Waals surface area contributed by atoms with Crippen LogP contribution in [-0.4, -0.2) is 8.32 Å². The van der Waals surface area contributed by atoms with E-state index < -0.39 is 8.32 Å². The molecule has 0 unspecified atom stereocenters. The maximum Gasteiger partial charge on any atom is 0.258 e. The maximum absolute atomic E-state index is 6.55. The standard InChI is InChI=1S/C15H23BrCl2OSi/c1-9(2)20(10(3)4,11(5)6)19-13-8-7-12(16)14(17)15(13)18/h7-11H,1-6H3. The monoisotopic (exact) mass is 396 g/mol. The van der Waals surface area contributed by atoms with Gasteiger partial charge in [0, 0.05) is 4.47 Å². The summed E-state index contributed by atoms with van der Waals surface area (Å²) in [6.45, 7) is 13.5. The predicted molar refractivity (Wildman–Crippen MR) is 95.8 cm³/mol. The molecule has 1 rings (SSSR count). The van der Waals surface area contributed by atoms with E-state index in [-0.39, 0.29) is 0 Å². The fourth-order valence-electron chi connectivity index (χ4n) is 3.13. The average molecular weight is 398 g/mol. The molecule has 114 valence electrons. The molecule has 0 aliphatic heterocycles. The van der Waals surface area contributed by atoms with E-state index in [0.717, 1.165) is 4.47 Å². The summed E-state index contributed by atoms with van der Waals surface area (Å²) in [5.74, 6) is 0.711. The third kappa shape index (κ3) is 3.37. The molecule has 0 aliphatic carbocycles. The number of hydrogen-bond acceptors (Lipinski definition) is 1. The van der Waals surface area contributed by atoms with Crippen molar-refractivity contribution in [3.05, 3.63) is 26.7 Å². The van der Waals surface area contributed by atoms with E-state index in [4.69, 9.17) is 27.6 Å². The van der Waals surface area contributed by atoms with Crippen LogP contribution in [0.1, 0.15) is 41.5 Å². The second-order valence-corrected chi connectivity index (χ2v) is 13.1. The molecular weight excluding hydrogens is 375 g/mol. The minimum Gasteiger partial charge on any atom is -0.542 e. The van der Waals surface area contributed by atoms with Gasteiger partial charge in [0.15, 0.2) is 0 Å². The van der Waals surface area contributed by atoms with Gasteiger partial charge in [-0.15, -0.1) is 0 Å². The molecule has 5 heteroatoms. The predicted octanol–water partition coefficient (Wildman–Crippen LogP) is 7.31. The van der Waals surface area contributed by atoms with Crippen LogP contribution in [0.4, 0.5) is 0 Å². The number of halogens is 3. The summed E-state index contributed by atoms with van der Waals surface area (Å²) >= 11 is 15.9. The van der Waals surface area contributed by atoms with Gasteiger partial charge in [0.2, 0.25) is 0 Å². The van der Waals surface area contributed by atoms with E-state index in [1.807, 2.05) is 12.1 Å². The van der Waals surface area contributed by atoms with Crippen molar-refractivity contribution in [2.24, 2.45) is 0 Å². The van der Waals surface area contributed by atoms with Gasteiger partial charge in [-0.25, -0.2) is 0 Å². The van der Waals surface area contributed by atoms with Crippen molar-refractivity contribution in [2.75, 3.05) is 0 Å². The SMILES string of the molecule is CC(C)[Si](Oc1ccc(Br)c(Cl)c1Cl)(C(C)C)C(C)C. The molecule has 1 nitrogen and oxygen atoms in total. The van der Waals surface area contributed by atoms with E-state index in [2.05, 4.69) is 57.5 Å². The van der Waals surface area contributed by atoms with Gasteiger partial charge in [-0.1, -0.05) is 64.7 Å². The lowest BCUT2D eigenvalue weighted by molar-refractivity contribution is 0.480. The molecular formula is C15H23BrCl2OSi. The number of rotatable bonds is 5. The molecule has 0 bridgehead atoms. The minimum absolute atomic E-state index is 0.500. The molecule has 0 atom stereocenters. The van der Waals surface area contributed by atoms with Crippen LogP contribution in [-0.2, 0) is 0 Å². The van der Waals surface area contributed by atoms with Crippen LogP contribution < -0.4 is 4.43 Å². The second-order valence-electron chi connectivity index (χ2n) is 6.09. The first-order chi connectivity index (χ1) is 9.14. The van der Waals surface area contributed by atoms with E-state index in [0.29, 0.717) is 32.4 Å². The van der Waals surface area contributed by atoms with Crippen molar-refractivity contribution in [1.82, 2.24) is 0 Å². The van der Waals surface area contributed by atoms with E-state index in [9.17, 15) is 0 Å².